The van der Waals surface area contributed by atoms with E-state index >= 15 is 0 Å². The molecule has 4 aromatic rings. The molecule has 0 saturated carbocycles. The van der Waals surface area contributed by atoms with Gasteiger partial charge in [0.2, 0.25) is 11.4 Å². The number of aryl methyl sites for hydroxylation is 2. The highest BCUT2D eigenvalue weighted by Crippen LogP contribution is 2.26. The Hall–Kier alpha value is -4.04. The molecule has 1 aliphatic carbocycles. The largest absolute Gasteiger partial charge is 0.465 e. The minimum absolute atomic E-state index is 0.0469. The lowest BCUT2D eigenvalue weighted by Gasteiger charge is -2.15. The Labute approximate surface area is 221 Å². The summed E-state index contributed by atoms with van der Waals surface area (Å²) >= 11 is 0. The summed E-state index contributed by atoms with van der Waals surface area (Å²) in [6.45, 7) is 3.50. The fraction of sp³-hybridized carbons (Fsp3) is 0.333. The minimum Gasteiger partial charge on any atom is -0.465 e. The zero-order valence-electron chi connectivity index (χ0n) is 21.6. The SMILES string of the molecule is COC(=O)c1cn(-c2ccc3c(c2)CCC3)c2nc(Nc3ccc(CCN4CCCC4)cc3)ncc2c1=O. The van der Waals surface area contributed by atoms with Gasteiger partial charge in [-0.15, -0.1) is 0 Å². The number of likely N-dealkylation sites (tertiary alicyclic amines) is 1. The van der Waals surface area contributed by atoms with Gasteiger partial charge in [-0.2, -0.15) is 4.98 Å². The number of fused-ring (bicyclic) bond motifs is 2. The Morgan fingerprint density at radius 2 is 1.82 bits per heavy atom. The predicted molar refractivity (Wildman–Crippen MR) is 148 cm³/mol. The summed E-state index contributed by atoms with van der Waals surface area (Å²) in [6, 6.07) is 14.5. The lowest BCUT2D eigenvalue weighted by atomic mass is 10.1. The molecule has 0 bridgehead atoms. The number of aromatic nitrogens is 3. The smallest absolute Gasteiger partial charge is 0.343 e. The molecular weight excluding hydrogens is 478 g/mol. The summed E-state index contributed by atoms with van der Waals surface area (Å²) in [7, 11) is 1.27. The first-order valence-electron chi connectivity index (χ1n) is 13.3. The van der Waals surface area contributed by atoms with Crippen LogP contribution in [0.5, 0.6) is 0 Å². The van der Waals surface area contributed by atoms with E-state index < -0.39 is 11.4 Å². The average Bonchev–Trinajstić information content (AvgIpc) is 3.64. The van der Waals surface area contributed by atoms with Gasteiger partial charge < -0.3 is 19.5 Å². The van der Waals surface area contributed by atoms with Gasteiger partial charge in [-0.25, -0.2) is 9.78 Å². The van der Waals surface area contributed by atoms with E-state index in [2.05, 4.69) is 39.5 Å². The van der Waals surface area contributed by atoms with Crippen LogP contribution >= 0.6 is 0 Å². The Kier molecular flexibility index (Phi) is 6.64. The maximum Gasteiger partial charge on any atom is 0.343 e. The second kappa shape index (κ2) is 10.4. The van der Waals surface area contributed by atoms with Gasteiger partial charge in [-0.3, -0.25) is 4.79 Å². The van der Waals surface area contributed by atoms with Crippen LogP contribution in [0, 0.1) is 0 Å². The molecule has 0 atom stereocenters. The number of rotatable bonds is 7. The monoisotopic (exact) mass is 509 g/mol. The number of hydrogen-bond donors (Lipinski definition) is 1. The number of hydrogen-bond acceptors (Lipinski definition) is 7. The van der Waals surface area contributed by atoms with E-state index in [9.17, 15) is 9.59 Å². The summed E-state index contributed by atoms with van der Waals surface area (Å²) in [6.07, 6.45) is 9.86. The molecule has 8 heteroatoms. The second-order valence-electron chi connectivity index (χ2n) is 10.1. The zero-order valence-corrected chi connectivity index (χ0v) is 21.6. The molecule has 2 aliphatic rings. The van der Waals surface area contributed by atoms with Gasteiger partial charge in [-0.1, -0.05) is 18.2 Å². The summed E-state index contributed by atoms with van der Waals surface area (Å²) in [5.74, 6) is -0.304. The van der Waals surface area contributed by atoms with Crippen molar-refractivity contribution < 1.29 is 9.53 Å². The molecule has 1 aliphatic heterocycles. The van der Waals surface area contributed by atoms with Gasteiger partial charge >= 0.3 is 5.97 Å². The van der Waals surface area contributed by atoms with Gasteiger partial charge in [0.15, 0.2) is 5.65 Å². The number of pyridine rings is 1. The highest BCUT2D eigenvalue weighted by Gasteiger charge is 2.20. The molecule has 38 heavy (non-hydrogen) atoms. The lowest BCUT2D eigenvalue weighted by molar-refractivity contribution is 0.0599. The van der Waals surface area contributed by atoms with Crippen molar-refractivity contribution >= 4 is 28.6 Å². The van der Waals surface area contributed by atoms with Crippen LogP contribution in [-0.2, 0) is 24.0 Å². The summed E-state index contributed by atoms with van der Waals surface area (Å²) in [5.41, 5.74) is 5.56. The van der Waals surface area contributed by atoms with Crippen LogP contribution in [0.3, 0.4) is 0 Å². The maximum absolute atomic E-state index is 13.1. The number of nitrogens with one attached hydrogen (secondary N) is 1. The third kappa shape index (κ3) is 4.79. The standard InChI is InChI=1S/C30H31N5O3/c1-38-29(37)26-19-35(24-12-9-21-5-4-6-22(21)17-24)28-25(27(26)36)18-31-30(33-28)32-23-10-7-20(8-11-23)13-16-34-14-2-3-15-34/h7-12,17-19H,2-6,13-16H2,1H3,(H,31,32,33). The van der Waals surface area contributed by atoms with Gasteiger partial charge in [0.05, 0.1) is 12.5 Å². The van der Waals surface area contributed by atoms with Gasteiger partial charge in [0.25, 0.3) is 0 Å². The van der Waals surface area contributed by atoms with E-state index in [-0.39, 0.29) is 10.9 Å². The van der Waals surface area contributed by atoms with Crippen molar-refractivity contribution in [2.24, 2.45) is 0 Å². The number of benzene rings is 2. The topological polar surface area (TPSA) is 89.3 Å². The van der Waals surface area contributed by atoms with Crippen LogP contribution in [-0.4, -0.2) is 52.1 Å². The van der Waals surface area contributed by atoms with Crippen molar-refractivity contribution in [3.63, 3.8) is 0 Å². The fourth-order valence-electron chi connectivity index (χ4n) is 5.51. The number of esters is 1. The van der Waals surface area contributed by atoms with E-state index in [1.165, 1.54) is 62.1 Å². The lowest BCUT2D eigenvalue weighted by Crippen LogP contribution is -2.21. The van der Waals surface area contributed by atoms with Crippen LogP contribution in [0.2, 0.25) is 0 Å². The van der Waals surface area contributed by atoms with Gasteiger partial charge in [0, 0.05) is 30.3 Å². The number of ether oxygens (including phenoxy) is 1. The first-order valence-corrected chi connectivity index (χ1v) is 13.3. The normalized spacial score (nSPS) is 15.1. The summed E-state index contributed by atoms with van der Waals surface area (Å²) in [4.78, 5) is 37.2. The zero-order chi connectivity index (χ0) is 26.1. The van der Waals surface area contributed by atoms with Crippen molar-refractivity contribution in [3.05, 3.63) is 87.3 Å². The third-order valence-electron chi connectivity index (χ3n) is 7.64. The molecule has 3 heterocycles. The predicted octanol–water partition coefficient (Wildman–Crippen LogP) is 4.44. The molecule has 2 aromatic heterocycles. The van der Waals surface area contributed by atoms with E-state index in [1.54, 1.807) is 4.57 Å². The van der Waals surface area contributed by atoms with E-state index in [0.717, 1.165) is 43.6 Å². The maximum atomic E-state index is 13.1. The van der Waals surface area contributed by atoms with Crippen LogP contribution in [0.25, 0.3) is 16.7 Å². The van der Waals surface area contributed by atoms with Crippen molar-refractivity contribution in [2.45, 2.75) is 38.5 Å². The van der Waals surface area contributed by atoms with Crippen molar-refractivity contribution in [2.75, 3.05) is 32.1 Å². The molecule has 6 rings (SSSR count). The molecule has 8 nitrogen and oxygen atoms in total. The number of anilines is 2. The highest BCUT2D eigenvalue weighted by atomic mass is 16.5. The van der Waals surface area contributed by atoms with E-state index in [1.807, 2.05) is 18.2 Å². The number of methoxy groups -OCH3 is 1. The number of carbonyl (C=O) groups is 1. The molecule has 0 unspecified atom stereocenters. The molecule has 0 radical (unpaired) electrons. The Bertz CT molecular complexity index is 1560. The molecular formula is C30H31N5O3. The number of carbonyl (C=O) groups excluding carboxylic acids is 1. The van der Waals surface area contributed by atoms with Crippen LogP contribution in [0.1, 0.15) is 46.3 Å². The van der Waals surface area contributed by atoms with Crippen molar-refractivity contribution in [1.29, 1.82) is 0 Å². The molecule has 1 N–H and O–H groups in total. The molecule has 1 saturated heterocycles. The van der Waals surface area contributed by atoms with Crippen molar-refractivity contribution in [1.82, 2.24) is 19.4 Å². The Morgan fingerprint density at radius 1 is 1.03 bits per heavy atom. The van der Waals surface area contributed by atoms with Crippen LogP contribution in [0.15, 0.2) is 59.7 Å². The minimum atomic E-state index is -0.682. The summed E-state index contributed by atoms with van der Waals surface area (Å²) < 4.78 is 6.67. The first-order chi connectivity index (χ1) is 18.6. The van der Waals surface area contributed by atoms with Gasteiger partial charge in [-0.05, 0) is 92.6 Å². The second-order valence-corrected chi connectivity index (χ2v) is 10.1. The molecule has 0 spiro atoms. The molecule has 2 aromatic carbocycles. The van der Waals surface area contributed by atoms with E-state index in [0.29, 0.717) is 11.6 Å². The molecule has 194 valence electrons. The third-order valence-corrected chi connectivity index (χ3v) is 7.64. The van der Waals surface area contributed by atoms with Crippen LogP contribution in [0.4, 0.5) is 11.6 Å². The quantitative estimate of drug-likeness (QED) is 0.369. The highest BCUT2D eigenvalue weighted by molar-refractivity contribution is 5.93. The van der Waals surface area contributed by atoms with Crippen molar-refractivity contribution in [3.8, 4) is 5.69 Å². The van der Waals surface area contributed by atoms with Gasteiger partial charge in [0.1, 0.15) is 5.56 Å². The van der Waals surface area contributed by atoms with E-state index in [4.69, 9.17) is 9.72 Å². The summed E-state index contributed by atoms with van der Waals surface area (Å²) in [5, 5.41) is 3.53. The Balaban J connectivity index is 1.33. The van der Waals surface area contributed by atoms with Crippen LogP contribution < -0.4 is 10.7 Å². The Morgan fingerprint density at radius 3 is 2.61 bits per heavy atom. The fourth-order valence-corrected chi connectivity index (χ4v) is 5.51. The average molecular weight is 510 g/mol. The molecule has 1 fully saturated rings. The first kappa shape index (κ1) is 24.3. The number of nitrogens with zero attached hydrogens (tertiary/aromatic N) is 4. The molecule has 0 amide bonds.